The van der Waals surface area contributed by atoms with E-state index in [1.807, 2.05) is 35.7 Å². The van der Waals surface area contributed by atoms with Crippen LogP contribution in [0.4, 0.5) is 0 Å². The number of ether oxygens (including phenoxy) is 1. The third-order valence-electron chi connectivity index (χ3n) is 2.83. The van der Waals surface area contributed by atoms with E-state index in [1.165, 1.54) is 11.3 Å². The smallest absolute Gasteiger partial charge is 0.273 e. The van der Waals surface area contributed by atoms with E-state index in [9.17, 15) is 4.79 Å². The fourth-order valence-corrected chi connectivity index (χ4v) is 2.40. The first-order chi connectivity index (χ1) is 8.83. The zero-order valence-electron chi connectivity index (χ0n) is 9.65. The van der Waals surface area contributed by atoms with Crippen molar-refractivity contribution >= 4 is 17.2 Å². The van der Waals surface area contributed by atoms with Crippen molar-refractivity contribution in [3.05, 3.63) is 47.5 Å². The standard InChI is InChI=1S/C13H12N2O2S/c16-12(10-4-2-1-3-5-10)15-8-11(9-15)17-13-14-6-7-18-13/h1-7,11H,8-9H2. The summed E-state index contributed by atoms with van der Waals surface area (Å²) in [5, 5.41) is 2.55. The van der Waals surface area contributed by atoms with Gasteiger partial charge >= 0.3 is 0 Å². The van der Waals surface area contributed by atoms with Gasteiger partial charge in [0.2, 0.25) is 0 Å². The molecule has 0 atom stereocenters. The van der Waals surface area contributed by atoms with Gasteiger partial charge in [-0.15, -0.1) is 0 Å². The summed E-state index contributed by atoms with van der Waals surface area (Å²) >= 11 is 1.47. The zero-order valence-corrected chi connectivity index (χ0v) is 10.5. The first-order valence-corrected chi connectivity index (χ1v) is 6.61. The van der Waals surface area contributed by atoms with E-state index in [2.05, 4.69) is 4.98 Å². The summed E-state index contributed by atoms with van der Waals surface area (Å²) in [7, 11) is 0. The molecule has 1 aliphatic heterocycles. The summed E-state index contributed by atoms with van der Waals surface area (Å²) in [5.74, 6) is 0.0644. The van der Waals surface area contributed by atoms with Gasteiger partial charge < -0.3 is 9.64 Å². The maximum Gasteiger partial charge on any atom is 0.273 e. The van der Waals surface area contributed by atoms with Crippen molar-refractivity contribution in [3.63, 3.8) is 0 Å². The highest BCUT2D eigenvalue weighted by atomic mass is 32.1. The predicted octanol–water partition coefficient (Wildman–Crippen LogP) is 2.05. The van der Waals surface area contributed by atoms with Crippen molar-refractivity contribution in [1.82, 2.24) is 9.88 Å². The Morgan fingerprint density at radius 2 is 2.11 bits per heavy atom. The third kappa shape index (κ3) is 2.22. The fraction of sp³-hybridized carbons (Fsp3) is 0.231. The SMILES string of the molecule is O=C(c1ccccc1)N1CC(Oc2nccs2)C1. The van der Waals surface area contributed by atoms with Crippen molar-refractivity contribution in [1.29, 1.82) is 0 Å². The lowest BCUT2D eigenvalue weighted by molar-refractivity contribution is 0.0177. The number of nitrogens with zero attached hydrogens (tertiary/aromatic N) is 2. The molecular weight excluding hydrogens is 248 g/mol. The molecule has 18 heavy (non-hydrogen) atoms. The molecule has 1 aromatic carbocycles. The molecule has 3 rings (SSSR count). The lowest BCUT2D eigenvalue weighted by Crippen LogP contribution is -2.56. The van der Waals surface area contributed by atoms with E-state index in [0.29, 0.717) is 18.3 Å². The van der Waals surface area contributed by atoms with E-state index in [4.69, 9.17) is 4.74 Å². The summed E-state index contributed by atoms with van der Waals surface area (Å²) in [4.78, 5) is 17.9. The number of carbonyl (C=O) groups is 1. The molecule has 1 aromatic heterocycles. The van der Waals surface area contributed by atoms with Crippen LogP contribution in [0.15, 0.2) is 41.9 Å². The lowest BCUT2D eigenvalue weighted by Gasteiger charge is -2.38. The van der Waals surface area contributed by atoms with Crippen molar-refractivity contribution in [2.45, 2.75) is 6.10 Å². The fourth-order valence-electron chi connectivity index (χ4n) is 1.85. The van der Waals surface area contributed by atoms with Crippen molar-refractivity contribution in [2.75, 3.05) is 13.1 Å². The second kappa shape index (κ2) is 4.78. The minimum atomic E-state index is 0.0644. The second-order valence-electron chi connectivity index (χ2n) is 4.11. The number of likely N-dealkylation sites (tertiary alicyclic amines) is 1. The first kappa shape index (κ1) is 11.2. The molecule has 4 nitrogen and oxygen atoms in total. The molecule has 0 radical (unpaired) electrons. The number of thiazole rings is 1. The summed E-state index contributed by atoms with van der Waals surface area (Å²) in [6.45, 7) is 1.26. The monoisotopic (exact) mass is 260 g/mol. The van der Waals surface area contributed by atoms with Crippen LogP contribution in [-0.2, 0) is 0 Å². The molecule has 0 unspecified atom stereocenters. The molecule has 0 bridgehead atoms. The first-order valence-electron chi connectivity index (χ1n) is 5.73. The maximum absolute atomic E-state index is 12.0. The average Bonchev–Trinajstić information content (AvgIpc) is 2.86. The molecule has 5 heteroatoms. The number of rotatable bonds is 3. The number of benzene rings is 1. The predicted molar refractivity (Wildman–Crippen MR) is 68.9 cm³/mol. The van der Waals surface area contributed by atoms with Gasteiger partial charge in [-0.3, -0.25) is 4.79 Å². The molecule has 0 aliphatic carbocycles. The Bertz CT molecular complexity index is 521. The van der Waals surface area contributed by atoms with Gasteiger partial charge in [-0.1, -0.05) is 29.5 Å². The van der Waals surface area contributed by atoms with Crippen LogP contribution in [0.2, 0.25) is 0 Å². The lowest BCUT2D eigenvalue weighted by atomic mass is 10.1. The van der Waals surface area contributed by atoms with Crippen molar-refractivity contribution < 1.29 is 9.53 Å². The highest BCUT2D eigenvalue weighted by Crippen LogP contribution is 2.21. The zero-order chi connectivity index (χ0) is 12.4. The topological polar surface area (TPSA) is 42.4 Å². The Balaban J connectivity index is 1.55. The van der Waals surface area contributed by atoms with Crippen LogP contribution in [0.25, 0.3) is 0 Å². The Morgan fingerprint density at radius 1 is 1.33 bits per heavy atom. The van der Waals surface area contributed by atoms with Crippen LogP contribution in [0.5, 0.6) is 5.19 Å². The largest absolute Gasteiger partial charge is 0.463 e. The number of aromatic nitrogens is 1. The Morgan fingerprint density at radius 3 is 2.78 bits per heavy atom. The van der Waals surface area contributed by atoms with Gasteiger partial charge in [0.15, 0.2) is 0 Å². The molecule has 2 heterocycles. The number of hydrogen-bond donors (Lipinski definition) is 0. The molecule has 0 spiro atoms. The van der Waals surface area contributed by atoms with Gasteiger partial charge in [0.25, 0.3) is 11.1 Å². The van der Waals surface area contributed by atoms with Gasteiger partial charge in [0, 0.05) is 17.1 Å². The summed E-state index contributed by atoms with van der Waals surface area (Å²) in [6.07, 6.45) is 1.79. The van der Waals surface area contributed by atoms with Crippen LogP contribution < -0.4 is 4.74 Å². The third-order valence-corrected chi connectivity index (χ3v) is 3.49. The van der Waals surface area contributed by atoms with Crippen LogP contribution in [-0.4, -0.2) is 35.0 Å². The van der Waals surface area contributed by atoms with E-state index in [1.54, 1.807) is 11.1 Å². The Hall–Kier alpha value is -1.88. The molecule has 1 fully saturated rings. The van der Waals surface area contributed by atoms with Gasteiger partial charge in [-0.2, -0.15) is 0 Å². The second-order valence-corrected chi connectivity index (χ2v) is 4.97. The summed E-state index contributed by atoms with van der Waals surface area (Å²) < 4.78 is 5.62. The number of hydrogen-bond acceptors (Lipinski definition) is 4. The quantitative estimate of drug-likeness (QED) is 0.848. The molecule has 2 aromatic rings. The summed E-state index contributed by atoms with van der Waals surface area (Å²) in [5.41, 5.74) is 0.727. The number of amides is 1. The normalized spacial score (nSPS) is 15.2. The molecule has 1 aliphatic rings. The molecule has 1 amide bonds. The maximum atomic E-state index is 12.0. The molecule has 92 valence electrons. The van der Waals surface area contributed by atoms with Gasteiger partial charge in [0.1, 0.15) is 6.10 Å². The highest BCUT2D eigenvalue weighted by Gasteiger charge is 2.33. The van der Waals surface area contributed by atoms with Crippen LogP contribution in [0.1, 0.15) is 10.4 Å². The van der Waals surface area contributed by atoms with E-state index in [-0.39, 0.29) is 12.0 Å². The van der Waals surface area contributed by atoms with E-state index >= 15 is 0 Å². The van der Waals surface area contributed by atoms with Crippen molar-refractivity contribution in [2.24, 2.45) is 0 Å². The summed E-state index contributed by atoms with van der Waals surface area (Å²) in [6, 6.07) is 9.31. The minimum Gasteiger partial charge on any atom is -0.463 e. The van der Waals surface area contributed by atoms with Gasteiger partial charge in [0.05, 0.1) is 13.1 Å². The van der Waals surface area contributed by atoms with Gasteiger partial charge in [-0.05, 0) is 12.1 Å². The highest BCUT2D eigenvalue weighted by molar-refractivity contribution is 7.11. The Kier molecular flexibility index (Phi) is 2.98. The molecule has 0 saturated carbocycles. The van der Waals surface area contributed by atoms with Crippen LogP contribution in [0.3, 0.4) is 0 Å². The average molecular weight is 260 g/mol. The van der Waals surface area contributed by atoms with Gasteiger partial charge in [-0.25, -0.2) is 4.98 Å². The van der Waals surface area contributed by atoms with E-state index in [0.717, 1.165) is 5.56 Å². The van der Waals surface area contributed by atoms with Crippen LogP contribution >= 0.6 is 11.3 Å². The Labute approximate surface area is 109 Å². The minimum absolute atomic E-state index is 0.0644. The molecule has 0 N–H and O–H groups in total. The number of carbonyl (C=O) groups excluding carboxylic acids is 1. The van der Waals surface area contributed by atoms with Crippen molar-refractivity contribution in [3.8, 4) is 5.19 Å². The van der Waals surface area contributed by atoms with E-state index < -0.39 is 0 Å². The molecular formula is C13H12N2O2S. The van der Waals surface area contributed by atoms with Crippen LogP contribution in [0, 0.1) is 0 Å². The molecule has 1 saturated heterocycles.